The first-order valence-corrected chi connectivity index (χ1v) is 4.58. The summed E-state index contributed by atoms with van der Waals surface area (Å²) in [5.74, 6) is 0. The predicted molar refractivity (Wildman–Crippen MR) is 55.8 cm³/mol. The van der Waals surface area contributed by atoms with Crippen molar-refractivity contribution in [3.05, 3.63) is 24.3 Å². The minimum Gasteiger partial charge on any atom is -0.399 e. The quantitative estimate of drug-likeness (QED) is 0.658. The van der Waals surface area contributed by atoms with Gasteiger partial charge in [0, 0.05) is 17.4 Å². The Labute approximate surface area is 75.0 Å². The first-order chi connectivity index (χ1) is 5.79. The lowest BCUT2D eigenvalue weighted by molar-refractivity contribution is 1.60. The molecule has 0 unspecified atom stereocenters. The van der Waals surface area contributed by atoms with Gasteiger partial charge < -0.3 is 11.1 Å². The van der Waals surface area contributed by atoms with Crippen molar-refractivity contribution in [3.63, 3.8) is 0 Å². The summed E-state index contributed by atoms with van der Waals surface area (Å²) in [7, 11) is 1.92. The zero-order valence-electron chi connectivity index (χ0n) is 6.79. The van der Waals surface area contributed by atoms with Gasteiger partial charge >= 0.3 is 0 Å². The van der Waals surface area contributed by atoms with Crippen LogP contribution in [-0.2, 0) is 0 Å². The number of thiophene rings is 1. The molecule has 0 saturated heterocycles. The van der Waals surface area contributed by atoms with E-state index in [-0.39, 0.29) is 0 Å². The molecule has 0 spiro atoms. The fourth-order valence-corrected chi connectivity index (χ4v) is 2.08. The van der Waals surface area contributed by atoms with Gasteiger partial charge in [-0.25, -0.2) is 0 Å². The van der Waals surface area contributed by atoms with E-state index in [0.29, 0.717) is 0 Å². The standard InChI is InChI=1S/C9H10N2S/c1-11-9-5-6-4-7(10)2-3-8(6)12-9/h2-5,11H,10H2,1H3. The fraction of sp³-hybridized carbons (Fsp3) is 0.111. The molecule has 3 heteroatoms. The van der Waals surface area contributed by atoms with Crippen molar-refractivity contribution in [3.8, 4) is 0 Å². The highest BCUT2D eigenvalue weighted by Gasteiger charge is 1.99. The summed E-state index contributed by atoms with van der Waals surface area (Å²) in [6.45, 7) is 0. The van der Waals surface area contributed by atoms with E-state index in [9.17, 15) is 0 Å². The molecule has 3 N–H and O–H groups in total. The lowest BCUT2D eigenvalue weighted by atomic mass is 10.2. The van der Waals surface area contributed by atoms with E-state index in [1.165, 1.54) is 15.1 Å². The Morgan fingerprint density at radius 1 is 1.33 bits per heavy atom. The lowest BCUT2D eigenvalue weighted by Gasteiger charge is -1.90. The molecule has 0 saturated carbocycles. The number of rotatable bonds is 1. The molecular formula is C9H10N2S. The number of hydrogen-bond donors (Lipinski definition) is 2. The second-order valence-electron chi connectivity index (χ2n) is 2.66. The maximum absolute atomic E-state index is 5.66. The molecule has 0 aliphatic carbocycles. The van der Waals surface area contributed by atoms with Crippen LogP contribution in [0.15, 0.2) is 24.3 Å². The third-order valence-corrected chi connectivity index (χ3v) is 2.92. The highest BCUT2D eigenvalue weighted by molar-refractivity contribution is 7.22. The van der Waals surface area contributed by atoms with E-state index in [0.717, 1.165) is 5.69 Å². The first-order valence-electron chi connectivity index (χ1n) is 3.76. The van der Waals surface area contributed by atoms with E-state index in [2.05, 4.69) is 17.4 Å². The van der Waals surface area contributed by atoms with Gasteiger partial charge in [0.25, 0.3) is 0 Å². The van der Waals surface area contributed by atoms with E-state index in [1.54, 1.807) is 11.3 Å². The topological polar surface area (TPSA) is 38.0 Å². The molecule has 0 amide bonds. The molecule has 1 aromatic carbocycles. The predicted octanol–water partition coefficient (Wildman–Crippen LogP) is 2.53. The van der Waals surface area contributed by atoms with Crippen molar-refractivity contribution in [2.24, 2.45) is 0 Å². The minimum absolute atomic E-state index is 0.822. The molecule has 2 aromatic rings. The van der Waals surface area contributed by atoms with Crippen molar-refractivity contribution in [1.29, 1.82) is 0 Å². The third kappa shape index (κ3) is 1.12. The molecule has 2 nitrogen and oxygen atoms in total. The molecule has 1 heterocycles. The van der Waals surface area contributed by atoms with Crippen molar-refractivity contribution in [2.45, 2.75) is 0 Å². The summed E-state index contributed by atoms with van der Waals surface area (Å²) in [4.78, 5) is 0. The van der Waals surface area contributed by atoms with Crippen LogP contribution in [0.4, 0.5) is 10.7 Å². The number of hydrogen-bond acceptors (Lipinski definition) is 3. The second-order valence-corrected chi connectivity index (χ2v) is 3.74. The Bertz CT molecular complexity index is 406. The smallest absolute Gasteiger partial charge is 0.0892 e. The number of benzene rings is 1. The van der Waals surface area contributed by atoms with E-state index >= 15 is 0 Å². The summed E-state index contributed by atoms with van der Waals surface area (Å²) in [5.41, 5.74) is 6.48. The molecule has 62 valence electrons. The largest absolute Gasteiger partial charge is 0.399 e. The third-order valence-electron chi connectivity index (χ3n) is 1.79. The highest BCUT2D eigenvalue weighted by Crippen LogP contribution is 2.30. The highest BCUT2D eigenvalue weighted by atomic mass is 32.1. The Morgan fingerprint density at radius 3 is 2.92 bits per heavy atom. The Kier molecular flexibility index (Phi) is 1.66. The normalized spacial score (nSPS) is 10.4. The average molecular weight is 178 g/mol. The van der Waals surface area contributed by atoms with Crippen molar-refractivity contribution in [2.75, 3.05) is 18.1 Å². The minimum atomic E-state index is 0.822. The summed E-state index contributed by atoms with van der Waals surface area (Å²) in [6.07, 6.45) is 0. The van der Waals surface area contributed by atoms with Crippen LogP contribution in [0.2, 0.25) is 0 Å². The number of nitrogens with two attached hydrogens (primary N) is 1. The maximum Gasteiger partial charge on any atom is 0.0892 e. The van der Waals surface area contributed by atoms with Crippen LogP contribution in [0.3, 0.4) is 0 Å². The maximum atomic E-state index is 5.66. The van der Waals surface area contributed by atoms with Gasteiger partial charge in [0.15, 0.2) is 0 Å². The second kappa shape index (κ2) is 2.68. The van der Waals surface area contributed by atoms with Gasteiger partial charge in [-0.05, 0) is 29.7 Å². The van der Waals surface area contributed by atoms with Gasteiger partial charge in [0.2, 0.25) is 0 Å². The molecule has 2 rings (SSSR count). The average Bonchev–Trinajstić information content (AvgIpc) is 2.46. The monoisotopic (exact) mass is 178 g/mol. The molecule has 0 bridgehead atoms. The lowest BCUT2D eigenvalue weighted by Crippen LogP contribution is -1.81. The van der Waals surface area contributed by atoms with E-state index in [1.807, 2.05) is 19.2 Å². The zero-order valence-corrected chi connectivity index (χ0v) is 7.61. The SMILES string of the molecule is CNc1cc2cc(N)ccc2s1. The van der Waals surface area contributed by atoms with Crippen molar-refractivity contribution in [1.82, 2.24) is 0 Å². The summed E-state index contributed by atoms with van der Waals surface area (Å²) < 4.78 is 1.27. The van der Waals surface area contributed by atoms with Crippen LogP contribution in [0.1, 0.15) is 0 Å². The number of anilines is 2. The van der Waals surface area contributed by atoms with Crippen LogP contribution >= 0.6 is 11.3 Å². The van der Waals surface area contributed by atoms with Gasteiger partial charge in [-0.3, -0.25) is 0 Å². The van der Waals surface area contributed by atoms with Gasteiger partial charge in [-0.2, -0.15) is 0 Å². The molecular weight excluding hydrogens is 168 g/mol. The molecule has 12 heavy (non-hydrogen) atoms. The van der Waals surface area contributed by atoms with Gasteiger partial charge in [-0.1, -0.05) is 0 Å². The molecule has 0 aliphatic heterocycles. The molecule has 0 aliphatic rings. The van der Waals surface area contributed by atoms with Crippen molar-refractivity contribution < 1.29 is 0 Å². The number of fused-ring (bicyclic) bond motifs is 1. The zero-order chi connectivity index (χ0) is 8.55. The van der Waals surface area contributed by atoms with Gasteiger partial charge in [-0.15, -0.1) is 11.3 Å². The van der Waals surface area contributed by atoms with Crippen LogP contribution < -0.4 is 11.1 Å². The van der Waals surface area contributed by atoms with E-state index in [4.69, 9.17) is 5.73 Å². The van der Waals surface area contributed by atoms with Crippen LogP contribution in [0.25, 0.3) is 10.1 Å². The Hall–Kier alpha value is -1.22. The summed E-state index contributed by atoms with van der Waals surface area (Å²) in [5, 5.41) is 5.50. The Balaban J connectivity index is 2.67. The van der Waals surface area contributed by atoms with Gasteiger partial charge in [0.05, 0.1) is 5.00 Å². The van der Waals surface area contributed by atoms with Gasteiger partial charge in [0.1, 0.15) is 0 Å². The summed E-state index contributed by atoms with van der Waals surface area (Å²) >= 11 is 1.74. The van der Waals surface area contributed by atoms with Crippen LogP contribution in [0.5, 0.6) is 0 Å². The first kappa shape index (κ1) is 7.43. The molecule has 0 fully saturated rings. The molecule has 0 atom stereocenters. The number of nitrogen functional groups attached to an aromatic ring is 1. The van der Waals surface area contributed by atoms with Crippen LogP contribution in [-0.4, -0.2) is 7.05 Å². The molecule has 0 radical (unpaired) electrons. The van der Waals surface area contributed by atoms with Crippen LogP contribution in [0, 0.1) is 0 Å². The van der Waals surface area contributed by atoms with Crippen molar-refractivity contribution >= 4 is 32.1 Å². The Morgan fingerprint density at radius 2 is 2.17 bits per heavy atom. The van der Waals surface area contributed by atoms with E-state index < -0.39 is 0 Å². The fourth-order valence-electron chi connectivity index (χ4n) is 1.19. The molecule has 1 aromatic heterocycles. The summed E-state index contributed by atoms with van der Waals surface area (Å²) in [6, 6.07) is 8.08. The number of nitrogens with one attached hydrogen (secondary N) is 1.